The summed E-state index contributed by atoms with van der Waals surface area (Å²) >= 11 is 0. The molecule has 0 aliphatic heterocycles. The molecule has 0 fully saturated rings. The van der Waals surface area contributed by atoms with E-state index in [-0.39, 0.29) is 5.56 Å². The number of rotatable bonds is 8. The normalized spacial score (nSPS) is 10.1. The Morgan fingerprint density at radius 2 is 1.61 bits per heavy atom. The Kier molecular flexibility index (Phi) is 7.56. The number of para-hydroxylation sites is 1. The lowest BCUT2D eigenvalue weighted by Gasteiger charge is -2.20. The van der Waals surface area contributed by atoms with Crippen LogP contribution >= 0.6 is 0 Å². The molecule has 7 heteroatoms. The van der Waals surface area contributed by atoms with Crippen LogP contribution in [0.2, 0.25) is 0 Å². The van der Waals surface area contributed by atoms with Gasteiger partial charge in [0.25, 0.3) is 11.8 Å². The van der Waals surface area contributed by atoms with Crippen LogP contribution in [0.15, 0.2) is 48.5 Å². The van der Waals surface area contributed by atoms with E-state index in [0.29, 0.717) is 11.3 Å². The Balaban J connectivity index is 1.90. The molecule has 0 saturated heterocycles. The van der Waals surface area contributed by atoms with E-state index in [1.807, 2.05) is 12.1 Å². The van der Waals surface area contributed by atoms with Crippen molar-refractivity contribution in [2.45, 2.75) is 13.8 Å². The van der Waals surface area contributed by atoms with Crippen LogP contribution in [0.3, 0.4) is 0 Å². The topological polar surface area (TPSA) is 84.9 Å². The number of hydrogen-bond acceptors (Lipinski definition) is 6. The van der Waals surface area contributed by atoms with Crippen LogP contribution in [0.4, 0.5) is 5.69 Å². The summed E-state index contributed by atoms with van der Waals surface area (Å²) in [5.41, 5.74) is 1.55. The van der Waals surface area contributed by atoms with Gasteiger partial charge in [-0.3, -0.25) is 14.9 Å². The van der Waals surface area contributed by atoms with E-state index in [1.165, 1.54) is 13.2 Å². The van der Waals surface area contributed by atoms with Gasteiger partial charge in [-0.05, 0) is 50.2 Å². The molecule has 2 amide bonds. The number of amides is 2. The van der Waals surface area contributed by atoms with Crippen molar-refractivity contribution in [3.63, 3.8) is 0 Å². The SMILES string of the molecule is CCN(CC)c1ccc(C(=O)OCC(=O)NC(=O)c2ccccc2OC)cc1. The van der Waals surface area contributed by atoms with Crippen LogP contribution in [0.5, 0.6) is 5.75 Å². The summed E-state index contributed by atoms with van der Waals surface area (Å²) in [4.78, 5) is 38.3. The molecule has 0 saturated carbocycles. The average Bonchev–Trinajstić information content (AvgIpc) is 2.73. The van der Waals surface area contributed by atoms with Crippen LogP contribution in [0, 0.1) is 0 Å². The molecule has 0 radical (unpaired) electrons. The summed E-state index contributed by atoms with van der Waals surface area (Å²) in [6, 6.07) is 13.5. The van der Waals surface area contributed by atoms with Gasteiger partial charge in [-0.2, -0.15) is 0 Å². The minimum atomic E-state index is -0.719. The molecule has 2 aromatic carbocycles. The highest BCUT2D eigenvalue weighted by atomic mass is 16.5. The molecule has 0 heterocycles. The predicted octanol–water partition coefficient (Wildman–Crippen LogP) is 2.65. The van der Waals surface area contributed by atoms with Gasteiger partial charge in [0.05, 0.1) is 18.2 Å². The lowest BCUT2D eigenvalue weighted by molar-refractivity contribution is -0.123. The van der Waals surface area contributed by atoms with E-state index in [4.69, 9.17) is 9.47 Å². The first-order chi connectivity index (χ1) is 13.5. The molecule has 0 aromatic heterocycles. The molecule has 2 rings (SSSR count). The highest BCUT2D eigenvalue weighted by Gasteiger charge is 2.16. The number of carbonyl (C=O) groups excluding carboxylic acids is 3. The van der Waals surface area contributed by atoms with Crippen LogP contribution < -0.4 is 15.0 Å². The van der Waals surface area contributed by atoms with Crippen LogP contribution in [-0.4, -0.2) is 44.6 Å². The number of methoxy groups -OCH3 is 1. The molecule has 7 nitrogen and oxygen atoms in total. The molecule has 0 aliphatic carbocycles. The smallest absolute Gasteiger partial charge is 0.338 e. The monoisotopic (exact) mass is 384 g/mol. The number of nitrogens with one attached hydrogen (secondary N) is 1. The van der Waals surface area contributed by atoms with Gasteiger partial charge < -0.3 is 14.4 Å². The molecule has 148 valence electrons. The Morgan fingerprint density at radius 1 is 0.964 bits per heavy atom. The number of ether oxygens (including phenoxy) is 2. The van der Waals surface area contributed by atoms with Gasteiger partial charge in [0.2, 0.25) is 0 Å². The highest BCUT2D eigenvalue weighted by Crippen LogP contribution is 2.17. The molecule has 28 heavy (non-hydrogen) atoms. The van der Waals surface area contributed by atoms with Gasteiger partial charge in [0.1, 0.15) is 5.75 Å². The molecular weight excluding hydrogens is 360 g/mol. The van der Waals surface area contributed by atoms with E-state index in [9.17, 15) is 14.4 Å². The molecule has 0 atom stereocenters. The summed E-state index contributed by atoms with van der Waals surface area (Å²) in [7, 11) is 1.43. The van der Waals surface area contributed by atoms with Crippen molar-refractivity contribution >= 4 is 23.5 Å². The second kappa shape index (κ2) is 10.1. The lowest BCUT2D eigenvalue weighted by Crippen LogP contribution is -2.34. The van der Waals surface area contributed by atoms with Crippen molar-refractivity contribution in [2.75, 3.05) is 31.7 Å². The number of carbonyl (C=O) groups is 3. The Labute approximate surface area is 164 Å². The molecule has 0 bridgehead atoms. The van der Waals surface area contributed by atoms with E-state index in [2.05, 4.69) is 24.1 Å². The van der Waals surface area contributed by atoms with Crippen molar-refractivity contribution in [3.8, 4) is 5.75 Å². The standard InChI is InChI=1S/C21H24N2O5/c1-4-23(5-2)16-12-10-15(11-13-16)21(26)28-14-19(24)22-20(25)17-8-6-7-9-18(17)27-3/h6-13H,4-5,14H2,1-3H3,(H,22,24,25). The summed E-state index contributed by atoms with van der Waals surface area (Å²) in [5.74, 6) is -1.63. The number of benzene rings is 2. The maximum atomic E-state index is 12.2. The highest BCUT2D eigenvalue weighted by molar-refractivity contribution is 6.07. The fourth-order valence-corrected chi connectivity index (χ4v) is 2.67. The molecular formula is C21H24N2O5. The van der Waals surface area contributed by atoms with Crippen molar-refractivity contribution in [1.29, 1.82) is 0 Å². The van der Waals surface area contributed by atoms with Crippen LogP contribution in [0.1, 0.15) is 34.6 Å². The Bertz CT molecular complexity index is 829. The van der Waals surface area contributed by atoms with Crippen molar-refractivity contribution in [1.82, 2.24) is 5.32 Å². The van der Waals surface area contributed by atoms with E-state index in [0.717, 1.165) is 18.8 Å². The molecule has 2 aromatic rings. The molecule has 0 unspecified atom stereocenters. The van der Waals surface area contributed by atoms with Gasteiger partial charge in [-0.15, -0.1) is 0 Å². The van der Waals surface area contributed by atoms with Gasteiger partial charge in [-0.1, -0.05) is 12.1 Å². The lowest BCUT2D eigenvalue weighted by atomic mass is 10.2. The first-order valence-electron chi connectivity index (χ1n) is 8.99. The maximum absolute atomic E-state index is 12.2. The number of esters is 1. The number of nitrogens with zero attached hydrogens (tertiary/aromatic N) is 1. The van der Waals surface area contributed by atoms with Crippen molar-refractivity contribution < 1.29 is 23.9 Å². The zero-order chi connectivity index (χ0) is 20.5. The van der Waals surface area contributed by atoms with Gasteiger partial charge in [0.15, 0.2) is 6.61 Å². The third kappa shape index (κ3) is 5.33. The predicted molar refractivity (Wildman–Crippen MR) is 106 cm³/mol. The van der Waals surface area contributed by atoms with Crippen LogP contribution in [-0.2, 0) is 9.53 Å². The third-order valence-electron chi connectivity index (χ3n) is 4.17. The van der Waals surface area contributed by atoms with Crippen molar-refractivity contribution in [2.24, 2.45) is 0 Å². The van der Waals surface area contributed by atoms with E-state index >= 15 is 0 Å². The minimum Gasteiger partial charge on any atom is -0.496 e. The van der Waals surface area contributed by atoms with Crippen molar-refractivity contribution in [3.05, 3.63) is 59.7 Å². The molecule has 0 aliphatic rings. The van der Waals surface area contributed by atoms with Gasteiger partial charge >= 0.3 is 5.97 Å². The largest absolute Gasteiger partial charge is 0.496 e. The summed E-state index contributed by atoms with van der Waals surface area (Å²) < 4.78 is 10.1. The fourth-order valence-electron chi connectivity index (χ4n) is 2.67. The second-order valence-corrected chi connectivity index (χ2v) is 5.87. The summed E-state index contributed by atoms with van der Waals surface area (Å²) in [6.45, 7) is 5.27. The average molecular weight is 384 g/mol. The molecule has 0 spiro atoms. The molecule has 1 N–H and O–H groups in total. The zero-order valence-corrected chi connectivity index (χ0v) is 16.2. The summed E-state index contributed by atoms with van der Waals surface area (Å²) in [6.07, 6.45) is 0. The van der Waals surface area contributed by atoms with E-state index < -0.39 is 24.4 Å². The van der Waals surface area contributed by atoms with Crippen LogP contribution in [0.25, 0.3) is 0 Å². The first kappa shape index (κ1) is 21.0. The third-order valence-corrected chi connectivity index (χ3v) is 4.17. The fraction of sp³-hybridized carbons (Fsp3) is 0.286. The first-order valence-corrected chi connectivity index (χ1v) is 8.99. The number of imide groups is 1. The maximum Gasteiger partial charge on any atom is 0.338 e. The quantitative estimate of drug-likeness (QED) is 0.705. The Hall–Kier alpha value is -3.35. The van der Waals surface area contributed by atoms with Gasteiger partial charge in [0, 0.05) is 18.8 Å². The second-order valence-electron chi connectivity index (χ2n) is 5.87. The minimum absolute atomic E-state index is 0.219. The summed E-state index contributed by atoms with van der Waals surface area (Å²) in [5, 5.41) is 2.18. The number of hydrogen-bond donors (Lipinski definition) is 1. The number of anilines is 1. The zero-order valence-electron chi connectivity index (χ0n) is 16.2. The van der Waals surface area contributed by atoms with E-state index in [1.54, 1.807) is 30.3 Å². The van der Waals surface area contributed by atoms with Gasteiger partial charge in [-0.25, -0.2) is 4.79 Å². The Morgan fingerprint density at radius 3 is 2.21 bits per heavy atom.